The molecule has 1 N–H and O–H groups in total. The Morgan fingerprint density at radius 2 is 2.14 bits per heavy atom. The quantitative estimate of drug-likeness (QED) is 0.810. The van der Waals surface area contributed by atoms with E-state index in [1.165, 1.54) is 12.0 Å². The van der Waals surface area contributed by atoms with Crippen molar-refractivity contribution in [2.75, 3.05) is 38.1 Å². The van der Waals surface area contributed by atoms with Crippen LogP contribution in [0.3, 0.4) is 0 Å². The molecule has 2 rings (SSSR count). The van der Waals surface area contributed by atoms with Crippen LogP contribution in [0, 0.1) is 6.92 Å². The second kappa shape index (κ2) is 7.71. The van der Waals surface area contributed by atoms with E-state index in [2.05, 4.69) is 47.9 Å². The van der Waals surface area contributed by atoms with Gasteiger partial charge < -0.3 is 10.2 Å². The summed E-state index contributed by atoms with van der Waals surface area (Å²) in [7, 11) is 2.21. The Labute approximate surface area is 128 Å². The molecule has 1 aromatic rings. The Balaban J connectivity index is 2.02. The molecule has 0 radical (unpaired) electrons. The van der Waals surface area contributed by atoms with Gasteiger partial charge in [-0.05, 0) is 33.4 Å². The molecule has 1 atom stereocenters. The van der Waals surface area contributed by atoms with Crippen molar-refractivity contribution in [3.8, 4) is 0 Å². The average molecular weight is 291 g/mol. The molecule has 0 spiro atoms. The van der Waals surface area contributed by atoms with E-state index >= 15 is 0 Å². The Kier molecular flexibility index (Phi) is 5.94. The summed E-state index contributed by atoms with van der Waals surface area (Å²) in [5.74, 6) is 0.887. The van der Waals surface area contributed by atoms with Crippen LogP contribution in [-0.2, 0) is 6.54 Å². The fourth-order valence-electron chi connectivity index (χ4n) is 2.77. The molecule has 2 heterocycles. The maximum Gasteiger partial charge on any atom is 0.225 e. The van der Waals surface area contributed by atoms with Crippen LogP contribution in [0.1, 0.15) is 37.9 Å². The van der Waals surface area contributed by atoms with Gasteiger partial charge in [0.2, 0.25) is 5.95 Å². The van der Waals surface area contributed by atoms with Crippen LogP contribution in [0.25, 0.3) is 0 Å². The predicted octanol–water partition coefficient (Wildman–Crippen LogP) is 1.82. The minimum absolute atomic E-state index is 0.605. The molecule has 5 heteroatoms. The average Bonchev–Trinajstić information content (AvgIpc) is 2.49. The molecule has 21 heavy (non-hydrogen) atoms. The normalized spacial score (nSPS) is 20.0. The summed E-state index contributed by atoms with van der Waals surface area (Å²) in [4.78, 5) is 14.1. The van der Waals surface area contributed by atoms with Gasteiger partial charge in [-0.2, -0.15) is 0 Å². The number of rotatable bonds is 6. The van der Waals surface area contributed by atoms with Gasteiger partial charge in [0.25, 0.3) is 0 Å². The van der Waals surface area contributed by atoms with Crippen LogP contribution in [-0.4, -0.2) is 54.1 Å². The van der Waals surface area contributed by atoms with Crippen LogP contribution >= 0.6 is 0 Å². The van der Waals surface area contributed by atoms with Crippen molar-refractivity contribution in [2.24, 2.45) is 0 Å². The fourth-order valence-corrected chi connectivity index (χ4v) is 2.77. The molecule has 1 unspecified atom stereocenters. The third-order valence-electron chi connectivity index (χ3n) is 4.34. The minimum Gasteiger partial charge on any atom is -0.338 e. The number of aryl methyl sites for hydroxylation is 1. The van der Waals surface area contributed by atoms with E-state index in [9.17, 15) is 0 Å². The molecule has 0 aromatic carbocycles. The molecular formula is C16H29N5. The largest absolute Gasteiger partial charge is 0.338 e. The van der Waals surface area contributed by atoms with E-state index in [-0.39, 0.29) is 0 Å². The van der Waals surface area contributed by atoms with Crippen molar-refractivity contribution < 1.29 is 0 Å². The lowest BCUT2D eigenvalue weighted by atomic mass is 10.1. The summed E-state index contributed by atoms with van der Waals surface area (Å²) in [6.45, 7) is 11.5. The Bertz CT molecular complexity index is 448. The molecule has 118 valence electrons. The van der Waals surface area contributed by atoms with Gasteiger partial charge in [0.1, 0.15) is 0 Å². The molecule has 0 bridgehead atoms. The highest BCUT2D eigenvalue weighted by atomic mass is 15.3. The molecule has 1 aliphatic rings. The maximum absolute atomic E-state index is 4.73. The molecule has 0 saturated carbocycles. The monoisotopic (exact) mass is 291 g/mol. The first-order valence-corrected chi connectivity index (χ1v) is 8.14. The highest BCUT2D eigenvalue weighted by Crippen LogP contribution is 2.17. The molecule has 1 fully saturated rings. The lowest BCUT2D eigenvalue weighted by molar-refractivity contribution is 0.212. The summed E-state index contributed by atoms with van der Waals surface area (Å²) in [6.07, 6.45) is 4.31. The van der Waals surface area contributed by atoms with Crippen molar-refractivity contribution in [2.45, 2.75) is 46.2 Å². The first-order chi connectivity index (χ1) is 10.2. The van der Waals surface area contributed by atoms with E-state index in [1.807, 2.05) is 6.20 Å². The number of hydrogen-bond donors (Lipinski definition) is 1. The van der Waals surface area contributed by atoms with Crippen molar-refractivity contribution in [1.82, 2.24) is 20.2 Å². The van der Waals surface area contributed by atoms with Gasteiger partial charge in [-0.15, -0.1) is 0 Å². The highest BCUT2D eigenvalue weighted by Gasteiger charge is 2.24. The number of piperazine rings is 1. The van der Waals surface area contributed by atoms with Crippen LogP contribution in [0.4, 0.5) is 5.95 Å². The maximum atomic E-state index is 4.73. The summed E-state index contributed by atoms with van der Waals surface area (Å²) >= 11 is 0. The van der Waals surface area contributed by atoms with Gasteiger partial charge in [-0.3, -0.25) is 4.90 Å². The Hall–Kier alpha value is -1.20. The van der Waals surface area contributed by atoms with E-state index in [0.717, 1.165) is 50.8 Å². The summed E-state index contributed by atoms with van der Waals surface area (Å²) < 4.78 is 0. The predicted molar refractivity (Wildman–Crippen MR) is 87.7 cm³/mol. The Morgan fingerprint density at radius 1 is 1.33 bits per heavy atom. The van der Waals surface area contributed by atoms with E-state index in [0.29, 0.717) is 6.04 Å². The van der Waals surface area contributed by atoms with Crippen LogP contribution in [0.15, 0.2) is 6.20 Å². The lowest BCUT2D eigenvalue weighted by Gasteiger charge is -2.39. The molecule has 1 saturated heterocycles. The summed E-state index contributed by atoms with van der Waals surface area (Å²) in [5.41, 5.74) is 2.30. The van der Waals surface area contributed by atoms with Gasteiger partial charge >= 0.3 is 0 Å². The third kappa shape index (κ3) is 4.14. The second-order valence-corrected chi connectivity index (χ2v) is 5.95. The minimum atomic E-state index is 0.605. The van der Waals surface area contributed by atoms with Crippen molar-refractivity contribution in [1.29, 1.82) is 0 Å². The molecule has 5 nitrogen and oxygen atoms in total. The summed E-state index contributed by atoms with van der Waals surface area (Å²) in [6, 6.07) is 0.605. The van der Waals surface area contributed by atoms with Crippen molar-refractivity contribution >= 4 is 5.95 Å². The number of hydrogen-bond acceptors (Lipinski definition) is 5. The number of nitrogens with zero attached hydrogens (tertiary/aromatic N) is 4. The molecule has 0 amide bonds. The van der Waals surface area contributed by atoms with Crippen molar-refractivity contribution in [3.05, 3.63) is 17.5 Å². The standard InChI is InChI=1S/C16H29N5/c1-5-7-17-10-14-11-18-16(19-13(14)3)21-9-8-20(4)15(6-2)12-21/h11,15,17H,5-10,12H2,1-4H3. The molecule has 1 aromatic heterocycles. The highest BCUT2D eigenvalue weighted by molar-refractivity contribution is 5.34. The smallest absolute Gasteiger partial charge is 0.225 e. The van der Waals surface area contributed by atoms with Gasteiger partial charge in [0.05, 0.1) is 0 Å². The number of anilines is 1. The lowest BCUT2D eigenvalue weighted by Crippen LogP contribution is -2.51. The number of nitrogens with one attached hydrogen (secondary N) is 1. The Morgan fingerprint density at radius 3 is 2.81 bits per heavy atom. The van der Waals surface area contributed by atoms with Gasteiger partial charge in [0, 0.05) is 49.7 Å². The van der Waals surface area contributed by atoms with Gasteiger partial charge in [-0.1, -0.05) is 13.8 Å². The fraction of sp³-hybridized carbons (Fsp3) is 0.750. The van der Waals surface area contributed by atoms with E-state index in [1.54, 1.807) is 0 Å². The first-order valence-electron chi connectivity index (χ1n) is 8.14. The van der Waals surface area contributed by atoms with Gasteiger partial charge in [0.15, 0.2) is 0 Å². The molecule has 1 aliphatic heterocycles. The van der Waals surface area contributed by atoms with Crippen LogP contribution < -0.4 is 10.2 Å². The number of likely N-dealkylation sites (N-methyl/N-ethyl adjacent to an activating group) is 1. The third-order valence-corrected chi connectivity index (χ3v) is 4.34. The van der Waals surface area contributed by atoms with Crippen LogP contribution in [0.5, 0.6) is 0 Å². The van der Waals surface area contributed by atoms with Crippen LogP contribution in [0.2, 0.25) is 0 Å². The molecular weight excluding hydrogens is 262 g/mol. The van der Waals surface area contributed by atoms with Gasteiger partial charge in [-0.25, -0.2) is 9.97 Å². The zero-order valence-electron chi connectivity index (χ0n) is 13.9. The first kappa shape index (κ1) is 16.2. The topological polar surface area (TPSA) is 44.3 Å². The van der Waals surface area contributed by atoms with E-state index in [4.69, 9.17) is 4.98 Å². The zero-order valence-corrected chi connectivity index (χ0v) is 13.9. The summed E-state index contributed by atoms with van der Waals surface area (Å²) in [5, 5.41) is 3.41. The molecule has 0 aliphatic carbocycles. The second-order valence-electron chi connectivity index (χ2n) is 5.95. The zero-order chi connectivity index (χ0) is 15.2. The van der Waals surface area contributed by atoms with E-state index < -0.39 is 0 Å². The SMILES string of the molecule is CCCNCc1cnc(N2CCN(C)C(CC)C2)nc1C. The van der Waals surface area contributed by atoms with Crippen molar-refractivity contribution in [3.63, 3.8) is 0 Å². The number of aromatic nitrogens is 2.